The van der Waals surface area contributed by atoms with Gasteiger partial charge in [-0.2, -0.15) is 0 Å². The average Bonchev–Trinajstić information content (AvgIpc) is 3.00. The van der Waals surface area contributed by atoms with Crippen LogP contribution in [-0.4, -0.2) is 35.1 Å². The number of rotatable bonds is 6. The van der Waals surface area contributed by atoms with Crippen molar-refractivity contribution in [3.8, 4) is 0 Å². The molecule has 0 atom stereocenters. The highest BCUT2D eigenvalue weighted by Crippen LogP contribution is 2.33. The van der Waals surface area contributed by atoms with Crippen molar-refractivity contribution < 1.29 is 14.3 Å². The Kier molecular flexibility index (Phi) is 5.47. The zero-order valence-corrected chi connectivity index (χ0v) is 15.0. The number of nitrogens with zero attached hydrogens (tertiary/aromatic N) is 2. The molecular formula is C17H21N3O4S. The van der Waals surface area contributed by atoms with Crippen molar-refractivity contribution in [1.82, 2.24) is 14.9 Å². The van der Waals surface area contributed by atoms with Crippen LogP contribution >= 0.6 is 11.3 Å². The number of fused-ring (bicyclic) bond motifs is 3. The lowest BCUT2D eigenvalue weighted by Gasteiger charge is -2.10. The molecule has 2 aromatic heterocycles. The summed E-state index contributed by atoms with van der Waals surface area (Å²) in [4.78, 5) is 42.1. The zero-order valence-electron chi connectivity index (χ0n) is 14.2. The van der Waals surface area contributed by atoms with Crippen LogP contribution in [0, 0.1) is 0 Å². The highest BCUT2D eigenvalue weighted by atomic mass is 32.1. The number of hydrogen-bond donors (Lipinski definition) is 1. The lowest BCUT2D eigenvalue weighted by molar-refractivity contribution is -0.140. The van der Waals surface area contributed by atoms with Crippen molar-refractivity contribution in [1.29, 1.82) is 0 Å². The van der Waals surface area contributed by atoms with Gasteiger partial charge in [0.25, 0.3) is 5.56 Å². The summed E-state index contributed by atoms with van der Waals surface area (Å²) in [6.45, 7) is 0.506. The number of nitrogens with one attached hydrogen (secondary N) is 1. The minimum Gasteiger partial charge on any atom is -0.469 e. The number of amides is 1. The number of carbonyl (C=O) groups is 2. The summed E-state index contributed by atoms with van der Waals surface area (Å²) in [6.07, 6.45) is 6.06. The summed E-state index contributed by atoms with van der Waals surface area (Å²) in [5.74, 6) is -0.573. The molecule has 3 rings (SSSR count). The number of esters is 1. The van der Waals surface area contributed by atoms with E-state index in [0.717, 1.165) is 35.0 Å². The minimum absolute atomic E-state index is 0.0632. The first kappa shape index (κ1) is 17.6. The van der Waals surface area contributed by atoms with Crippen molar-refractivity contribution in [2.45, 2.75) is 45.1 Å². The molecule has 8 heteroatoms. The van der Waals surface area contributed by atoms with Crippen LogP contribution in [0.3, 0.4) is 0 Å². The fourth-order valence-corrected chi connectivity index (χ4v) is 4.28. The Hall–Kier alpha value is -2.22. The Balaban J connectivity index is 1.66. The number of aromatic nitrogens is 2. The lowest BCUT2D eigenvalue weighted by Crippen LogP contribution is -2.29. The molecule has 1 aliphatic rings. The van der Waals surface area contributed by atoms with E-state index in [0.29, 0.717) is 0 Å². The van der Waals surface area contributed by atoms with Crippen molar-refractivity contribution >= 4 is 33.4 Å². The summed E-state index contributed by atoms with van der Waals surface area (Å²) in [6, 6.07) is 0. The van der Waals surface area contributed by atoms with Gasteiger partial charge in [-0.1, -0.05) is 0 Å². The summed E-state index contributed by atoms with van der Waals surface area (Å²) >= 11 is 1.62. The molecule has 0 bridgehead atoms. The molecule has 0 unspecified atom stereocenters. The normalized spacial score (nSPS) is 13.5. The maximum atomic E-state index is 12.8. The molecule has 0 aliphatic heterocycles. The predicted octanol–water partition coefficient (Wildman–Crippen LogP) is 1.41. The van der Waals surface area contributed by atoms with Crippen LogP contribution in [0.5, 0.6) is 0 Å². The van der Waals surface area contributed by atoms with Crippen LogP contribution in [0.2, 0.25) is 0 Å². The van der Waals surface area contributed by atoms with E-state index < -0.39 is 0 Å². The fourth-order valence-electron chi connectivity index (χ4n) is 3.06. The molecule has 0 saturated heterocycles. The summed E-state index contributed by atoms with van der Waals surface area (Å²) < 4.78 is 6.02. The van der Waals surface area contributed by atoms with E-state index >= 15 is 0 Å². The monoisotopic (exact) mass is 363 g/mol. The number of hydrogen-bond acceptors (Lipinski definition) is 6. The van der Waals surface area contributed by atoms with Gasteiger partial charge < -0.3 is 10.1 Å². The Morgan fingerprint density at radius 1 is 1.32 bits per heavy atom. The van der Waals surface area contributed by atoms with Gasteiger partial charge in [0.2, 0.25) is 5.91 Å². The van der Waals surface area contributed by atoms with Gasteiger partial charge >= 0.3 is 5.97 Å². The van der Waals surface area contributed by atoms with Crippen molar-refractivity contribution in [2.24, 2.45) is 0 Å². The van der Waals surface area contributed by atoms with Crippen molar-refractivity contribution in [3.05, 3.63) is 27.1 Å². The highest BCUT2D eigenvalue weighted by molar-refractivity contribution is 7.18. The number of thiophene rings is 1. The van der Waals surface area contributed by atoms with E-state index in [2.05, 4.69) is 15.0 Å². The fraction of sp³-hybridized carbons (Fsp3) is 0.529. The standard InChI is InChI=1S/C17H21N3O4S/c1-24-14(22)6-8-18-13(21)7-9-20-10-19-16-15(17(20)23)11-4-2-3-5-12(11)25-16/h10H,2-9H2,1H3,(H,18,21). The van der Waals surface area contributed by atoms with Crippen LogP contribution in [0.25, 0.3) is 10.2 Å². The van der Waals surface area contributed by atoms with Crippen LogP contribution in [-0.2, 0) is 33.7 Å². The van der Waals surface area contributed by atoms with E-state index in [-0.39, 0.29) is 43.4 Å². The SMILES string of the molecule is COC(=O)CCNC(=O)CCn1cnc2sc3c(c2c1=O)CCCC3. The third-order valence-corrected chi connectivity index (χ3v) is 5.60. The Morgan fingerprint density at radius 2 is 2.12 bits per heavy atom. The maximum absolute atomic E-state index is 12.8. The molecule has 2 heterocycles. The Bertz CT molecular complexity index is 855. The highest BCUT2D eigenvalue weighted by Gasteiger charge is 2.20. The van der Waals surface area contributed by atoms with Crippen molar-refractivity contribution in [2.75, 3.05) is 13.7 Å². The molecule has 0 fully saturated rings. The molecular weight excluding hydrogens is 342 g/mol. The molecule has 0 saturated carbocycles. The third kappa shape index (κ3) is 3.89. The van der Waals surface area contributed by atoms with Crippen LogP contribution < -0.4 is 10.9 Å². The molecule has 1 amide bonds. The first-order valence-corrected chi connectivity index (χ1v) is 9.25. The lowest BCUT2D eigenvalue weighted by atomic mass is 9.97. The van der Waals surface area contributed by atoms with Crippen molar-refractivity contribution in [3.63, 3.8) is 0 Å². The smallest absolute Gasteiger partial charge is 0.307 e. The zero-order chi connectivity index (χ0) is 17.8. The van der Waals surface area contributed by atoms with Gasteiger partial charge in [0.15, 0.2) is 0 Å². The van der Waals surface area contributed by atoms with Gasteiger partial charge in [0.05, 0.1) is 25.2 Å². The molecule has 0 spiro atoms. The first-order chi connectivity index (χ1) is 12.1. The van der Waals surface area contributed by atoms with E-state index in [9.17, 15) is 14.4 Å². The molecule has 25 heavy (non-hydrogen) atoms. The Morgan fingerprint density at radius 3 is 2.92 bits per heavy atom. The molecule has 7 nitrogen and oxygen atoms in total. The first-order valence-electron chi connectivity index (χ1n) is 8.43. The number of carbonyl (C=O) groups excluding carboxylic acids is 2. The molecule has 2 aromatic rings. The molecule has 0 aromatic carbocycles. The number of methoxy groups -OCH3 is 1. The summed E-state index contributed by atoms with van der Waals surface area (Å²) in [5, 5.41) is 3.38. The topological polar surface area (TPSA) is 90.3 Å². The second-order valence-electron chi connectivity index (χ2n) is 6.06. The second-order valence-corrected chi connectivity index (χ2v) is 7.14. The number of ether oxygens (including phenoxy) is 1. The predicted molar refractivity (Wildman–Crippen MR) is 94.8 cm³/mol. The van der Waals surface area contributed by atoms with Crippen LogP contribution in [0.1, 0.15) is 36.1 Å². The third-order valence-electron chi connectivity index (χ3n) is 4.40. The van der Waals surface area contributed by atoms with Crippen LogP contribution in [0.4, 0.5) is 0 Å². The molecule has 1 N–H and O–H groups in total. The second kappa shape index (κ2) is 7.77. The van der Waals surface area contributed by atoms with E-state index in [1.54, 1.807) is 11.3 Å². The number of aryl methyl sites for hydroxylation is 3. The Labute approximate surface area is 149 Å². The van der Waals surface area contributed by atoms with Crippen LogP contribution in [0.15, 0.2) is 11.1 Å². The summed E-state index contributed by atoms with van der Waals surface area (Å²) in [7, 11) is 1.31. The molecule has 134 valence electrons. The van der Waals surface area contributed by atoms with E-state index in [1.807, 2.05) is 0 Å². The largest absolute Gasteiger partial charge is 0.469 e. The van der Waals surface area contributed by atoms with Gasteiger partial charge in [-0.05, 0) is 31.2 Å². The quantitative estimate of drug-likeness (QED) is 0.784. The van der Waals surface area contributed by atoms with E-state index in [4.69, 9.17) is 0 Å². The van der Waals surface area contributed by atoms with Gasteiger partial charge in [0, 0.05) is 24.4 Å². The maximum Gasteiger partial charge on any atom is 0.307 e. The average molecular weight is 363 g/mol. The molecule has 0 radical (unpaired) electrons. The van der Waals surface area contributed by atoms with E-state index in [1.165, 1.54) is 29.3 Å². The van der Waals surface area contributed by atoms with Gasteiger partial charge in [-0.15, -0.1) is 11.3 Å². The van der Waals surface area contributed by atoms with Gasteiger partial charge in [-0.25, -0.2) is 4.98 Å². The molecule has 1 aliphatic carbocycles. The van der Waals surface area contributed by atoms with Gasteiger partial charge in [-0.3, -0.25) is 19.0 Å². The van der Waals surface area contributed by atoms with Gasteiger partial charge in [0.1, 0.15) is 4.83 Å². The minimum atomic E-state index is -0.367. The summed E-state index contributed by atoms with van der Waals surface area (Å²) in [5.41, 5.74) is 1.09.